The number of piperidine rings is 1. The number of para-hydroxylation sites is 1. The van der Waals surface area contributed by atoms with Crippen LogP contribution >= 0.6 is 0 Å². The summed E-state index contributed by atoms with van der Waals surface area (Å²) in [6.45, 7) is 3.55. The molecule has 1 aromatic rings. The lowest BCUT2D eigenvalue weighted by Crippen LogP contribution is -2.48. The second kappa shape index (κ2) is 6.15. The minimum atomic E-state index is -0.0395. The molecule has 1 aliphatic heterocycles. The maximum absolute atomic E-state index is 9.40. The van der Waals surface area contributed by atoms with Crippen molar-refractivity contribution in [2.24, 2.45) is 5.92 Å². The average molecular weight is 274 g/mol. The summed E-state index contributed by atoms with van der Waals surface area (Å²) in [5.74, 6) is 0.817. The first-order chi connectivity index (χ1) is 9.72. The summed E-state index contributed by atoms with van der Waals surface area (Å²) in [6.07, 6.45) is 4.48. The van der Waals surface area contributed by atoms with Crippen LogP contribution in [0.5, 0.6) is 0 Å². The van der Waals surface area contributed by atoms with E-state index in [-0.39, 0.29) is 6.10 Å². The molecule has 0 atom stereocenters. The smallest absolute Gasteiger partial charge is 0.0570 e. The summed E-state index contributed by atoms with van der Waals surface area (Å²) in [5.41, 5.74) is 1.36. The molecular formula is C17H26N2O. The Hall–Kier alpha value is -1.06. The molecule has 3 heteroatoms. The summed E-state index contributed by atoms with van der Waals surface area (Å²) in [6, 6.07) is 11.4. The zero-order valence-corrected chi connectivity index (χ0v) is 12.4. The van der Waals surface area contributed by atoms with Crippen LogP contribution in [0.1, 0.15) is 25.7 Å². The van der Waals surface area contributed by atoms with Gasteiger partial charge in [-0.05, 0) is 50.8 Å². The number of rotatable bonds is 4. The predicted molar refractivity (Wildman–Crippen MR) is 83.0 cm³/mol. The summed E-state index contributed by atoms with van der Waals surface area (Å²) in [4.78, 5) is 4.97. The Bertz CT molecular complexity index is 408. The highest BCUT2D eigenvalue weighted by atomic mass is 16.3. The minimum absolute atomic E-state index is 0.0395. The molecule has 1 saturated carbocycles. The molecule has 0 unspecified atom stereocenters. The van der Waals surface area contributed by atoms with Gasteiger partial charge in [0.25, 0.3) is 0 Å². The van der Waals surface area contributed by atoms with E-state index >= 15 is 0 Å². The molecule has 1 N–H and O–H groups in total. The van der Waals surface area contributed by atoms with Crippen LogP contribution in [-0.4, -0.2) is 48.8 Å². The zero-order chi connectivity index (χ0) is 13.9. The Kier molecular flexibility index (Phi) is 4.27. The quantitative estimate of drug-likeness (QED) is 0.913. The molecule has 3 nitrogen and oxygen atoms in total. The molecule has 1 aromatic carbocycles. The van der Waals surface area contributed by atoms with E-state index in [0.717, 1.165) is 18.8 Å². The minimum Gasteiger partial charge on any atom is -0.393 e. The van der Waals surface area contributed by atoms with Crippen LogP contribution in [0.4, 0.5) is 5.69 Å². The third-order valence-electron chi connectivity index (χ3n) is 4.99. The number of aliphatic hydroxyl groups excluding tert-OH is 1. The highest BCUT2D eigenvalue weighted by Gasteiger charge is 2.31. The highest BCUT2D eigenvalue weighted by molar-refractivity contribution is 5.46. The van der Waals surface area contributed by atoms with Crippen molar-refractivity contribution in [1.82, 2.24) is 4.90 Å². The molecule has 0 amide bonds. The molecule has 0 radical (unpaired) electrons. The van der Waals surface area contributed by atoms with Crippen molar-refractivity contribution >= 4 is 5.69 Å². The Labute approximate surface area is 122 Å². The predicted octanol–water partition coefficient (Wildman–Crippen LogP) is 2.36. The van der Waals surface area contributed by atoms with Crippen molar-refractivity contribution in [3.05, 3.63) is 30.3 Å². The first kappa shape index (κ1) is 13.9. The molecule has 0 bridgehead atoms. The molecule has 110 valence electrons. The molecule has 20 heavy (non-hydrogen) atoms. The number of anilines is 1. The van der Waals surface area contributed by atoms with Gasteiger partial charge in [0, 0.05) is 31.4 Å². The number of benzene rings is 1. The van der Waals surface area contributed by atoms with Crippen molar-refractivity contribution < 1.29 is 5.11 Å². The maximum atomic E-state index is 9.40. The van der Waals surface area contributed by atoms with Gasteiger partial charge in [0.1, 0.15) is 0 Å². The van der Waals surface area contributed by atoms with Crippen molar-refractivity contribution in [3.8, 4) is 0 Å². The molecule has 1 saturated heterocycles. The third-order valence-corrected chi connectivity index (χ3v) is 4.99. The Morgan fingerprint density at radius 3 is 2.40 bits per heavy atom. The van der Waals surface area contributed by atoms with E-state index < -0.39 is 0 Å². The number of aliphatic hydroxyl groups is 1. The van der Waals surface area contributed by atoms with Gasteiger partial charge >= 0.3 is 0 Å². The normalized spacial score (nSPS) is 27.6. The fourth-order valence-electron chi connectivity index (χ4n) is 3.49. The molecule has 0 spiro atoms. The number of hydrogen-bond donors (Lipinski definition) is 1. The van der Waals surface area contributed by atoms with Crippen molar-refractivity contribution in [2.45, 2.75) is 37.8 Å². The van der Waals surface area contributed by atoms with Crippen LogP contribution in [-0.2, 0) is 0 Å². The van der Waals surface area contributed by atoms with Gasteiger partial charge in [0.05, 0.1) is 6.10 Å². The summed E-state index contributed by atoms with van der Waals surface area (Å²) < 4.78 is 0. The average Bonchev–Trinajstić information content (AvgIpc) is 2.45. The van der Waals surface area contributed by atoms with Gasteiger partial charge < -0.3 is 14.9 Å². The van der Waals surface area contributed by atoms with Crippen LogP contribution in [0.15, 0.2) is 30.3 Å². The van der Waals surface area contributed by atoms with Gasteiger partial charge in [0.15, 0.2) is 0 Å². The lowest BCUT2D eigenvalue weighted by Gasteiger charge is -2.41. The van der Waals surface area contributed by atoms with Gasteiger partial charge in [-0.2, -0.15) is 0 Å². The first-order valence-electron chi connectivity index (χ1n) is 7.90. The largest absolute Gasteiger partial charge is 0.393 e. The fourth-order valence-corrected chi connectivity index (χ4v) is 3.49. The third kappa shape index (κ3) is 3.15. The Morgan fingerprint density at radius 1 is 1.15 bits per heavy atom. The van der Waals surface area contributed by atoms with Gasteiger partial charge in [-0.1, -0.05) is 18.2 Å². The van der Waals surface area contributed by atoms with E-state index in [1.54, 1.807) is 0 Å². The molecule has 2 fully saturated rings. The van der Waals surface area contributed by atoms with Crippen LogP contribution in [0, 0.1) is 5.92 Å². The van der Waals surface area contributed by atoms with Gasteiger partial charge in [-0.25, -0.2) is 0 Å². The van der Waals surface area contributed by atoms with E-state index in [0.29, 0.717) is 6.04 Å². The molecule has 1 heterocycles. The van der Waals surface area contributed by atoms with Crippen LogP contribution < -0.4 is 4.90 Å². The molecule has 3 rings (SSSR count). The Balaban J connectivity index is 1.44. The van der Waals surface area contributed by atoms with E-state index in [4.69, 9.17) is 0 Å². The van der Waals surface area contributed by atoms with E-state index in [1.807, 2.05) is 0 Å². The molecule has 2 aliphatic rings. The van der Waals surface area contributed by atoms with Gasteiger partial charge in [-0.3, -0.25) is 0 Å². The van der Waals surface area contributed by atoms with E-state index in [9.17, 15) is 5.11 Å². The van der Waals surface area contributed by atoms with Crippen molar-refractivity contribution in [3.63, 3.8) is 0 Å². The van der Waals surface area contributed by atoms with Gasteiger partial charge in [-0.15, -0.1) is 0 Å². The van der Waals surface area contributed by atoms with Crippen LogP contribution in [0.3, 0.4) is 0 Å². The van der Waals surface area contributed by atoms with Gasteiger partial charge in [0.2, 0.25) is 0 Å². The standard InChI is InChI=1S/C17H26N2O/c1-18(16-11-17(20)12-16)13-14-7-9-19(10-8-14)15-5-3-2-4-6-15/h2-6,14,16-17,20H,7-13H2,1H3. The number of hydrogen-bond acceptors (Lipinski definition) is 3. The molecule has 0 aromatic heterocycles. The fraction of sp³-hybridized carbons (Fsp3) is 0.647. The Morgan fingerprint density at radius 2 is 1.80 bits per heavy atom. The van der Waals surface area contributed by atoms with Crippen molar-refractivity contribution in [1.29, 1.82) is 0 Å². The summed E-state index contributed by atoms with van der Waals surface area (Å²) >= 11 is 0. The van der Waals surface area contributed by atoms with Crippen molar-refractivity contribution in [2.75, 3.05) is 31.6 Å². The van der Waals surface area contributed by atoms with Crippen LogP contribution in [0.25, 0.3) is 0 Å². The number of nitrogens with zero attached hydrogens (tertiary/aromatic N) is 2. The second-order valence-electron chi connectivity index (χ2n) is 6.48. The monoisotopic (exact) mass is 274 g/mol. The second-order valence-corrected chi connectivity index (χ2v) is 6.48. The highest BCUT2D eigenvalue weighted by Crippen LogP contribution is 2.28. The maximum Gasteiger partial charge on any atom is 0.0570 e. The van der Waals surface area contributed by atoms with E-state index in [1.165, 1.54) is 38.2 Å². The van der Waals surface area contributed by atoms with E-state index in [2.05, 4.69) is 47.2 Å². The van der Waals surface area contributed by atoms with Crippen LogP contribution in [0.2, 0.25) is 0 Å². The lowest BCUT2D eigenvalue weighted by atomic mass is 9.87. The summed E-state index contributed by atoms with van der Waals surface area (Å²) in [7, 11) is 2.22. The molecule has 1 aliphatic carbocycles. The topological polar surface area (TPSA) is 26.7 Å². The first-order valence-corrected chi connectivity index (χ1v) is 7.90. The molecular weight excluding hydrogens is 248 g/mol. The SMILES string of the molecule is CN(CC1CCN(c2ccccc2)CC1)C1CC(O)C1. The zero-order valence-electron chi connectivity index (χ0n) is 12.4. The summed E-state index contributed by atoms with van der Waals surface area (Å²) in [5, 5.41) is 9.40. The lowest BCUT2D eigenvalue weighted by molar-refractivity contribution is 0.00564.